The van der Waals surface area contributed by atoms with E-state index in [0.717, 1.165) is 48.2 Å². The number of amidine groups is 1. The maximum Gasteiger partial charge on any atom is 0.326 e. The fraction of sp³-hybridized carbons (Fsp3) is 0.475. The third kappa shape index (κ3) is 6.74. The van der Waals surface area contributed by atoms with E-state index in [1.54, 1.807) is 0 Å². The van der Waals surface area contributed by atoms with Crippen LogP contribution in [0.25, 0.3) is 0 Å². The lowest BCUT2D eigenvalue weighted by Gasteiger charge is -2.47. The van der Waals surface area contributed by atoms with E-state index in [4.69, 9.17) is 32.9 Å². The zero-order valence-electron chi connectivity index (χ0n) is 30.1. The summed E-state index contributed by atoms with van der Waals surface area (Å²) < 4.78 is 6.32. The van der Waals surface area contributed by atoms with Crippen molar-refractivity contribution in [3.8, 4) is 5.75 Å². The summed E-state index contributed by atoms with van der Waals surface area (Å²) >= 11 is 12.8. The van der Waals surface area contributed by atoms with Crippen LogP contribution in [0.3, 0.4) is 0 Å². The van der Waals surface area contributed by atoms with Crippen molar-refractivity contribution in [1.82, 2.24) is 19.6 Å². The average molecular weight is 719 g/mol. The summed E-state index contributed by atoms with van der Waals surface area (Å²) in [6.45, 7) is 17.4. The van der Waals surface area contributed by atoms with Gasteiger partial charge in [-0.15, -0.1) is 0 Å². The Morgan fingerprint density at radius 3 is 1.94 bits per heavy atom. The van der Waals surface area contributed by atoms with Crippen molar-refractivity contribution in [2.45, 2.75) is 70.9 Å². The first-order chi connectivity index (χ1) is 23.8. The van der Waals surface area contributed by atoms with Gasteiger partial charge in [-0.25, -0.2) is 4.79 Å². The van der Waals surface area contributed by atoms with Crippen molar-refractivity contribution in [3.63, 3.8) is 0 Å². The molecule has 0 saturated carbocycles. The van der Waals surface area contributed by atoms with Crippen LogP contribution in [0.2, 0.25) is 10.0 Å². The molecule has 3 amide bonds. The minimum Gasteiger partial charge on any atom is -0.493 e. The molecular weight excluding hydrogens is 669 g/mol. The van der Waals surface area contributed by atoms with Crippen molar-refractivity contribution in [1.29, 1.82) is 0 Å². The molecule has 0 aromatic heterocycles. The van der Waals surface area contributed by atoms with Crippen molar-refractivity contribution in [2.75, 3.05) is 52.4 Å². The van der Waals surface area contributed by atoms with Gasteiger partial charge in [0.05, 0.1) is 18.7 Å². The molecule has 0 N–H and O–H groups in total. The van der Waals surface area contributed by atoms with Crippen LogP contribution in [-0.2, 0) is 21.3 Å². The first-order valence-corrected chi connectivity index (χ1v) is 18.5. The van der Waals surface area contributed by atoms with Crippen molar-refractivity contribution >= 4 is 41.0 Å². The Bertz CT molecular complexity index is 1740. The van der Waals surface area contributed by atoms with Crippen LogP contribution in [0, 0.1) is 0 Å². The number of carbonyl (C=O) groups excluding carboxylic acids is 2. The number of rotatable bonds is 7. The molecule has 2 atom stereocenters. The lowest BCUT2D eigenvalue weighted by atomic mass is 9.71. The standard InChI is InChI=1S/C40H49Cl2N5O3/c1-7-50-34-26-30(38(2,3)4)14-19-33(34)36-43-39(5,28-10-15-31(41)16-11-28)40(6,29-12-17-32(42)18-13-29)47(36)37(49)46-24-22-44(23-25-46)27-35(48)45-20-8-9-21-45/h10-19,26H,7-9,20-25,27H2,1-6H3/t39-,40+/m0/s1. The summed E-state index contributed by atoms with van der Waals surface area (Å²) in [7, 11) is 0. The molecule has 6 rings (SSSR count). The molecule has 3 aromatic carbocycles. The highest BCUT2D eigenvalue weighted by molar-refractivity contribution is 6.30. The first kappa shape index (κ1) is 36.2. The molecule has 0 bridgehead atoms. The number of benzene rings is 3. The summed E-state index contributed by atoms with van der Waals surface area (Å²) in [5.74, 6) is 1.40. The van der Waals surface area contributed by atoms with E-state index < -0.39 is 11.1 Å². The molecule has 0 spiro atoms. The van der Waals surface area contributed by atoms with E-state index in [1.165, 1.54) is 0 Å². The number of amides is 3. The second-order valence-corrected chi connectivity index (χ2v) is 15.8. The van der Waals surface area contributed by atoms with E-state index in [0.29, 0.717) is 61.0 Å². The normalized spacial score (nSPS) is 23.0. The van der Waals surface area contributed by atoms with E-state index in [-0.39, 0.29) is 17.4 Å². The average Bonchev–Trinajstić information content (AvgIpc) is 3.71. The van der Waals surface area contributed by atoms with Crippen LogP contribution in [0.15, 0.2) is 71.7 Å². The molecule has 0 unspecified atom stereocenters. The predicted molar refractivity (Wildman–Crippen MR) is 202 cm³/mol. The Hall–Kier alpha value is -3.59. The van der Waals surface area contributed by atoms with Gasteiger partial charge in [0.2, 0.25) is 5.91 Å². The number of likely N-dealkylation sites (tertiary alicyclic amines) is 1. The molecule has 3 aliphatic heterocycles. The SMILES string of the molecule is CCOc1cc(C(C)(C)C)ccc1C1=N[C@@](C)(c2ccc(Cl)cc2)[C@@](C)(c2ccc(Cl)cc2)N1C(=O)N1CCN(CC(=O)N2CCCC2)CC1. The largest absolute Gasteiger partial charge is 0.493 e. The third-order valence-electron chi connectivity index (χ3n) is 10.8. The lowest BCUT2D eigenvalue weighted by Crippen LogP contribution is -2.61. The zero-order chi connectivity index (χ0) is 35.8. The Labute approximate surface area is 307 Å². The van der Waals surface area contributed by atoms with Gasteiger partial charge in [-0.05, 0) is 92.1 Å². The van der Waals surface area contributed by atoms with Gasteiger partial charge in [-0.3, -0.25) is 19.6 Å². The van der Waals surface area contributed by atoms with Crippen molar-refractivity contribution < 1.29 is 14.3 Å². The maximum absolute atomic E-state index is 15.2. The Balaban J connectivity index is 1.45. The maximum atomic E-state index is 15.2. The molecule has 0 radical (unpaired) electrons. The number of halogens is 2. The molecule has 8 nitrogen and oxygen atoms in total. The number of carbonyl (C=O) groups is 2. The monoisotopic (exact) mass is 717 g/mol. The first-order valence-electron chi connectivity index (χ1n) is 17.7. The number of ether oxygens (including phenoxy) is 1. The number of hydrogen-bond donors (Lipinski definition) is 0. The fourth-order valence-corrected chi connectivity index (χ4v) is 7.76. The molecule has 2 saturated heterocycles. The molecule has 3 aromatic rings. The van der Waals surface area contributed by atoms with E-state index in [2.05, 4.69) is 51.7 Å². The molecule has 10 heteroatoms. The highest BCUT2D eigenvalue weighted by Gasteiger charge is 2.60. The van der Waals surface area contributed by atoms with Gasteiger partial charge in [0.25, 0.3) is 0 Å². The highest BCUT2D eigenvalue weighted by Crippen LogP contribution is 2.54. The Morgan fingerprint density at radius 1 is 0.800 bits per heavy atom. The van der Waals surface area contributed by atoms with Crippen LogP contribution in [-0.4, -0.2) is 89.8 Å². The summed E-state index contributed by atoms with van der Waals surface area (Å²) in [5.41, 5.74) is 1.65. The molecule has 266 valence electrons. The number of nitrogens with zero attached hydrogens (tertiary/aromatic N) is 5. The van der Waals surface area contributed by atoms with E-state index in [9.17, 15) is 4.79 Å². The van der Waals surface area contributed by atoms with Gasteiger partial charge < -0.3 is 14.5 Å². The second-order valence-electron chi connectivity index (χ2n) is 15.0. The van der Waals surface area contributed by atoms with Crippen LogP contribution < -0.4 is 4.74 Å². The zero-order valence-corrected chi connectivity index (χ0v) is 31.7. The van der Waals surface area contributed by atoms with Crippen LogP contribution in [0.1, 0.15) is 76.6 Å². The van der Waals surface area contributed by atoms with Gasteiger partial charge in [0.15, 0.2) is 0 Å². The number of urea groups is 1. The van der Waals surface area contributed by atoms with Gasteiger partial charge in [0.1, 0.15) is 22.7 Å². The van der Waals surface area contributed by atoms with E-state index >= 15 is 4.79 Å². The predicted octanol–water partition coefficient (Wildman–Crippen LogP) is 7.94. The lowest BCUT2D eigenvalue weighted by molar-refractivity contribution is -0.131. The van der Waals surface area contributed by atoms with Crippen LogP contribution >= 0.6 is 23.2 Å². The van der Waals surface area contributed by atoms with Crippen molar-refractivity contribution in [2.24, 2.45) is 4.99 Å². The van der Waals surface area contributed by atoms with Crippen molar-refractivity contribution in [3.05, 3.63) is 99.0 Å². The molecule has 0 aliphatic carbocycles. The minimum atomic E-state index is -0.993. The number of aliphatic imine (C=N–C) groups is 1. The van der Waals surface area contributed by atoms with Crippen LogP contribution in [0.4, 0.5) is 4.79 Å². The minimum absolute atomic E-state index is 0.108. The van der Waals surface area contributed by atoms with Gasteiger partial charge in [0, 0.05) is 49.3 Å². The smallest absolute Gasteiger partial charge is 0.326 e. The number of hydrogen-bond acceptors (Lipinski definition) is 5. The van der Waals surface area contributed by atoms with Gasteiger partial charge in [-0.2, -0.15) is 0 Å². The topological polar surface area (TPSA) is 68.7 Å². The molecule has 3 aliphatic rings. The molecular formula is C40H49Cl2N5O3. The quantitative estimate of drug-likeness (QED) is 0.249. The summed E-state index contributed by atoms with van der Waals surface area (Å²) in [6.07, 6.45) is 2.14. The third-order valence-corrected chi connectivity index (χ3v) is 11.3. The van der Waals surface area contributed by atoms with E-state index in [1.807, 2.05) is 76.2 Å². The van der Waals surface area contributed by atoms with Gasteiger partial charge >= 0.3 is 6.03 Å². The Kier molecular flexibility index (Phi) is 10.3. The highest BCUT2D eigenvalue weighted by atomic mass is 35.5. The summed E-state index contributed by atoms with van der Waals surface area (Å²) in [6, 6.07) is 21.5. The fourth-order valence-electron chi connectivity index (χ4n) is 7.51. The molecule has 50 heavy (non-hydrogen) atoms. The Morgan fingerprint density at radius 2 is 1.38 bits per heavy atom. The number of piperazine rings is 1. The van der Waals surface area contributed by atoms with Crippen LogP contribution in [0.5, 0.6) is 5.75 Å². The molecule has 2 fully saturated rings. The summed E-state index contributed by atoms with van der Waals surface area (Å²) in [5, 5.41) is 1.23. The second kappa shape index (κ2) is 14.2. The van der Waals surface area contributed by atoms with Gasteiger partial charge in [-0.1, -0.05) is 74.3 Å². The molecule has 3 heterocycles. The summed E-state index contributed by atoms with van der Waals surface area (Å²) in [4.78, 5) is 41.6.